The van der Waals surface area contributed by atoms with Crippen LogP contribution in [0, 0.1) is 0 Å². The Morgan fingerprint density at radius 1 is 1.57 bits per heavy atom. The van der Waals surface area contributed by atoms with Crippen LogP contribution in [0.25, 0.3) is 0 Å². The van der Waals surface area contributed by atoms with Crippen LogP contribution < -0.4 is 16.8 Å². The maximum atomic E-state index is 11.2. The average Bonchev–Trinajstić information content (AvgIpc) is 2.15. The summed E-state index contributed by atoms with van der Waals surface area (Å²) >= 11 is 0. The number of nitrogens with zero attached hydrogens (tertiary/aromatic N) is 2. The first kappa shape index (κ1) is 10.1. The largest absolute Gasteiger partial charge is 0.481 e. The van der Waals surface area contributed by atoms with E-state index in [0.29, 0.717) is 0 Å². The fourth-order valence-electron chi connectivity index (χ4n) is 0.814. The summed E-state index contributed by atoms with van der Waals surface area (Å²) in [5.41, 5.74) is 1.70. The lowest BCUT2D eigenvalue weighted by Gasteiger charge is -1.98. The molecule has 8 nitrogen and oxygen atoms in total. The van der Waals surface area contributed by atoms with Crippen molar-refractivity contribution in [1.29, 1.82) is 0 Å². The molecule has 1 rings (SSSR count). The molecule has 8 heteroatoms. The van der Waals surface area contributed by atoms with Gasteiger partial charge in [-0.3, -0.25) is 20.0 Å². The third-order valence-electron chi connectivity index (χ3n) is 1.48. The number of carboxylic acids is 1. The van der Waals surface area contributed by atoms with Crippen LogP contribution in [0.5, 0.6) is 0 Å². The summed E-state index contributed by atoms with van der Waals surface area (Å²) in [6.45, 7) is 0. The number of aromatic nitrogens is 3. The molecule has 0 aromatic carbocycles. The van der Waals surface area contributed by atoms with Gasteiger partial charge in [-0.2, -0.15) is 0 Å². The molecular formula is C6H9N5O3. The highest BCUT2D eigenvalue weighted by atomic mass is 16.4. The Hall–Kier alpha value is -1.96. The number of nitrogens with one attached hydrogen (secondary N) is 2. The van der Waals surface area contributed by atoms with E-state index in [-0.39, 0.29) is 24.5 Å². The quantitative estimate of drug-likeness (QED) is 0.341. The van der Waals surface area contributed by atoms with E-state index < -0.39 is 11.5 Å². The van der Waals surface area contributed by atoms with Crippen LogP contribution in [0.4, 0.5) is 5.95 Å². The SMILES string of the molecule is NNc1nnc(CCC(=O)O)c(=O)[nH]1. The van der Waals surface area contributed by atoms with Gasteiger partial charge in [-0.15, -0.1) is 10.2 Å². The van der Waals surface area contributed by atoms with Crippen molar-refractivity contribution >= 4 is 11.9 Å². The van der Waals surface area contributed by atoms with Crippen LogP contribution in [-0.2, 0) is 11.2 Å². The minimum Gasteiger partial charge on any atom is -0.481 e. The molecule has 76 valence electrons. The van der Waals surface area contributed by atoms with Gasteiger partial charge in [0.2, 0.25) is 5.95 Å². The van der Waals surface area contributed by atoms with Gasteiger partial charge in [0.1, 0.15) is 5.69 Å². The van der Waals surface area contributed by atoms with Crippen molar-refractivity contribution in [3.05, 3.63) is 16.0 Å². The van der Waals surface area contributed by atoms with Crippen molar-refractivity contribution in [1.82, 2.24) is 15.2 Å². The number of hydrogen-bond donors (Lipinski definition) is 4. The first-order valence-corrected chi connectivity index (χ1v) is 3.77. The molecule has 0 aliphatic heterocycles. The minimum absolute atomic E-state index is 0.0362. The van der Waals surface area contributed by atoms with Gasteiger partial charge in [0.25, 0.3) is 5.56 Å². The summed E-state index contributed by atoms with van der Waals surface area (Å²) in [4.78, 5) is 23.7. The van der Waals surface area contributed by atoms with Gasteiger partial charge in [-0.1, -0.05) is 0 Å². The number of carbonyl (C=O) groups is 1. The van der Waals surface area contributed by atoms with Crippen molar-refractivity contribution < 1.29 is 9.90 Å². The number of aromatic amines is 1. The Labute approximate surface area is 78.1 Å². The molecule has 0 saturated carbocycles. The van der Waals surface area contributed by atoms with E-state index in [2.05, 4.69) is 20.6 Å². The lowest BCUT2D eigenvalue weighted by atomic mass is 10.2. The summed E-state index contributed by atoms with van der Waals surface area (Å²) in [6.07, 6.45) is -0.115. The first-order valence-electron chi connectivity index (χ1n) is 3.77. The van der Waals surface area contributed by atoms with Crippen molar-refractivity contribution in [2.45, 2.75) is 12.8 Å². The maximum Gasteiger partial charge on any atom is 0.303 e. The van der Waals surface area contributed by atoms with Gasteiger partial charge >= 0.3 is 5.97 Å². The predicted octanol–water partition coefficient (Wildman–Crippen LogP) is -1.53. The summed E-state index contributed by atoms with van der Waals surface area (Å²) in [5.74, 6) is 4.02. The number of nitrogen functional groups attached to an aromatic ring is 1. The Balaban J connectivity index is 2.79. The van der Waals surface area contributed by atoms with E-state index in [1.165, 1.54) is 0 Å². The fourth-order valence-corrected chi connectivity index (χ4v) is 0.814. The Morgan fingerprint density at radius 3 is 2.79 bits per heavy atom. The molecule has 0 spiro atoms. The third-order valence-corrected chi connectivity index (χ3v) is 1.48. The van der Waals surface area contributed by atoms with Crippen molar-refractivity contribution in [2.24, 2.45) is 5.84 Å². The lowest BCUT2D eigenvalue weighted by molar-refractivity contribution is -0.136. The lowest BCUT2D eigenvalue weighted by Crippen LogP contribution is -2.22. The van der Waals surface area contributed by atoms with Crippen LogP contribution in [0.2, 0.25) is 0 Å². The van der Waals surface area contributed by atoms with Crippen LogP contribution in [0.1, 0.15) is 12.1 Å². The number of aryl methyl sites for hydroxylation is 1. The minimum atomic E-state index is -0.993. The molecule has 1 aromatic heterocycles. The molecule has 0 bridgehead atoms. The number of hydrogen-bond acceptors (Lipinski definition) is 6. The van der Waals surface area contributed by atoms with Crippen molar-refractivity contribution in [2.75, 3.05) is 5.43 Å². The summed E-state index contributed by atoms with van der Waals surface area (Å²) in [6, 6.07) is 0. The Kier molecular flexibility index (Phi) is 3.13. The highest BCUT2D eigenvalue weighted by molar-refractivity contribution is 5.66. The highest BCUT2D eigenvalue weighted by Gasteiger charge is 2.06. The van der Waals surface area contributed by atoms with E-state index in [4.69, 9.17) is 10.9 Å². The first-order chi connectivity index (χ1) is 6.63. The van der Waals surface area contributed by atoms with Crippen LogP contribution in [-0.4, -0.2) is 26.3 Å². The van der Waals surface area contributed by atoms with Gasteiger partial charge < -0.3 is 5.11 Å². The molecule has 0 aliphatic carbocycles. The highest BCUT2D eigenvalue weighted by Crippen LogP contribution is 1.93. The number of aliphatic carboxylic acids is 1. The molecule has 1 aromatic rings. The van der Waals surface area contributed by atoms with E-state index in [1.807, 2.05) is 0 Å². The zero-order valence-electron chi connectivity index (χ0n) is 7.15. The molecule has 0 unspecified atom stereocenters. The van der Waals surface area contributed by atoms with Crippen LogP contribution in [0.3, 0.4) is 0 Å². The molecule has 0 fully saturated rings. The fraction of sp³-hybridized carbons (Fsp3) is 0.333. The van der Waals surface area contributed by atoms with Gasteiger partial charge in [-0.25, -0.2) is 5.84 Å². The van der Waals surface area contributed by atoms with E-state index >= 15 is 0 Å². The average molecular weight is 199 g/mol. The van der Waals surface area contributed by atoms with Gasteiger partial charge in [0.05, 0.1) is 6.42 Å². The maximum absolute atomic E-state index is 11.2. The second kappa shape index (κ2) is 4.33. The van der Waals surface area contributed by atoms with Crippen molar-refractivity contribution in [3.63, 3.8) is 0 Å². The number of rotatable bonds is 4. The van der Waals surface area contributed by atoms with E-state index in [1.54, 1.807) is 0 Å². The second-order valence-electron chi connectivity index (χ2n) is 2.49. The number of hydrazine groups is 1. The van der Waals surface area contributed by atoms with Gasteiger partial charge in [-0.05, 0) is 0 Å². The molecule has 0 radical (unpaired) electrons. The topological polar surface area (TPSA) is 134 Å². The molecule has 14 heavy (non-hydrogen) atoms. The molecule has 0 saturated heterocycles. The standard InChI is InChI=1S/C6H9N5O3/c7-9-6-8-5(14)3(10-11-6)1-2-4(12)13/h1-2,7H2,(H,12,13)(H2,8,9,11,14). The van der Waals surface area contributed by atoms with Crippen LogP contribution in [0.15, 0.2) is 4.79 Å². The predicted molar refractivity (Wildman–Crippen MR) is 46.4 cm³/mol. The number of H-pyrrole nitrogens is 1. The van der Waals surface area contributed by atoms with Gasteiger partial charge in [0.15, 0.2) is 0 Å². The van der Waals surface area contributed by atoms with Gasteiger partial charge in [0, 0.05) is 6.42 Å². The van der Waals surface area contributed by atoms with E-state index in [0.717, 1.165) is 0 Å². The molecule has 1 heterocycles. The number of anilines is 1. The smallest absolute Gasteiger partial charge is 0.303 e. The van der Waals surface area contributed by atoms with Crippen LogP contribution >= 0.6 is 0 Å². The summed E-state index contributed by atoms with van der Waals surface area (Å²) in [5, 5.41) is 15.4. The number of carboxylic acid groups (broad SMARTS) is 1. The Morgan fingerprint density at radius 2 is 2.29 bits per heavy atom. The molecule has 0 aliphatic rings. The van der Waals surface area contributed by atoms with E-state index in [9.17, 15) is 9.59 Å². The second-order valence-corrected chi connectivity index (χ2v) is 2.49. The normalized spacial score (nSPS) is 9.79. The number of nitrogens with two attached hydrogens (primary N) is 1. The molecule has 5 N–H and O–H groups in total. The molecular weight excluding hydrogens is 190 g/mol. The molecule has 0 amide bonds. The third kappa shape index (κ3) is 2.52. The summed E-state index contributed by atoms with van der Waals surface area (Å²) < 4.78 is 0. The Bertz CT molecular complexity index is 387. The van der Waals surface area contributed by atoms with Crippen molar-refractivity contribution in [3.8, 4) is 0 Å². The summed E-state index contributed by atoms with van der Waals surface area (Å²) in [7, 11) is 0. The zero-order valence-corrected chi connectivity index (χ0v) is 7.15. The monoisotopic (exact) mass is 199 g/mol. The molecule has 0 atom stereocenters. The zero-order chi connectivity index (χ0) is 10.6.